The van der Waals surface area contributed by atoms with Crippen molar-refractivity contribution >= 4 is 22.9 Å². The van der Waals surface area contributed by atoms with E-state index in [2.05, 4.69) is 11.4 Å². The van der Waals surface area contributed by atoms with Crippen LogP contribution in [0.1, 0.15) is 40.1 Å². The van der Waals surface area contributed by atoms with Crippen LogP contribution in [-0.4, -0.2) is 5.91 Å². The lowest BCUT2D eigenvalue weighted by molar-refractivity contribution is -0.122. The topological polar surface area (TPSA) is 55.1 Å². The van der Waals surface area contributed by atoms with Crippen molar-refractivity contribution < 1.29 is 4.79 Å². The zero-order valence-corrected chi connectivity index (χ0v) is 13.0. The Balaban J connectivity index is 1.60. The molecule has 1 aliphatic carbocycles. The summed E-state index contributed by atoms with van der Waals surface area (Å²) in [5.41, 5.74) is 8.91. The average Bonchev–Trinajstić information content (AvgIpc) is 3.05. The van der Waals surface area contributed by atoms with Crippen molar-refractivity contribution in [2.45, 2.75) is 38.6 Å². The number of benzene rings is 1. The standard InChI is InChI=1S/C17H20N2OS/c1-11(12-4-2-6-14(18)8-12)17(20)19-10-15-9-13-5-3-7-16(13)21-15/h2,4,6,8-9,11H,3,5,7,10,18H2,1H3,(H,19,20). The Kier molecular flexibility index (Phi) is 3.97. The van der Waals surface area contributed by atoms with Crippen LogP contribution in [0.4, 0.5) is 5.69 Å². The maximum absolute atomic E-state index is 12.3. The SMILES string of the molecule is CC(C(=O)NCc1cc2c(s1)CCC2)c1cccc(N)c1. The summed E-state index contributed by atoms with van der Waals surface area (Å²) in [7, 11) is 0. The molecule has 3 nitrogen and oxygen atoms in total. The third kappa shape index (κ3) is 3.10. The predicted molar refractivity (Wildman–Crippen MR) is 87.5 cm³/mol. The summed E-state index contributed by atoms with van der Waals surface area (Å²) in [6, 6.07) is 9.78. The smallest absolute Gasteiger partial charge is 0.227 e. The monoisotopic (exact) mass is 300 g/mol. The predicted octanol–water partition coefficient (Wildman–Crippen LogP) is 3.24. The average molecular weight is 300 g/mol. The molecule has 2 aromatic rings. The first-order valence-electron chi connectivity index (χ1n) is 7.37. The molecular formula is C17H20N2OS. The van der Waals surface area contributed by atoms with Crippen LogP contribution < -0.4 is 11.1 Å². The summed E-state index contributed by atoms with van der Waals surface area (Å²) in [4.78, 5) is 15.0. The van der Waals surface area contributed by atoms with Crippen molar-refractivity contribution in [1.82, 2.24) is 5.32 Å². The molecule has 3 rings (SSSR count). The van der Waals surface area contributed by atoms with Gasteiger partial charge in [0.25, 0.3) is 0 Å². The van der Waals surface area contributed by atoms with Gasteiger partial charge in [-0.1, -0.05) is 12.1 Å². The van der Waals surface area contributed by atoms with Gasteiger partial charge in [-0.15, -0.1) is 11.3 Å². The van der Waals surface area contributed by atoms with Crippen LogP contribution in [0.3, 0.4) is 0 Å². The number of carbonyl (C=O) groups excluding carboxylic acids is 1. The van der Waals surface area contributed by atoms with Gasteiger partial charge in [0.05, 0.1) is 12.5 Å². The van der Waals surface area contributed by atoms with Gasteiger partial charge in [-0.05, 0) is 55.5 Å². The van der Waals surface area contributed by atoms with Crippen molar-refractivity contribution in [3.05, 3.63) is 51.2 Å². The summed E-state index contributed by atoms with van der Waals surface area (Å²) in [6.07, 6.45) is 3.67. The van der Waals surface area contributed by atoms with E-state index < -0.39 is 0 Å². The summed E-state index contributed by atoms with van der Waals surface area (Å²) in [5, 5.41) is 3.04. The van der Waals surface area contributed by atoms with E-state index in [4.69, 9.17) is 5.73 Å². The molecule has 0 radical (unpaired) electrons. The van der Waals surface area contributed by atoms with Gasteiger partial charge in [0.15, 0.2) is 0 Å². The Labute approximate surface area is 129 Å². The van der Waals surface area contributed by atoms with Gasteiger partial charge in [0, 0.05) is 15.4 Å². The fraction of sp³-hybridized carbons (Fsp3) is 0.353. The second-order valence-electron chi connectivity index (χ2n) is 5.62. The van der Waals surface area contributed by atoms with Gasteiger partial charge < -0.3 is 11.1 Å². The van der Waals surface area contributed by atoms with E-state index in [0.717, 1.165) is 5.56 Å². The molecule has 1 aromatic carbocycles. The van der Waals surface area contributed by atoms with E-state index in [-0.39, 0.29) is 11.8 Å². The van der Waals surface area contributed by atoms with E-state index in [1.807, 2.05) is 42.5 Å². The molecule has 21 heavy (non-hydrogen) atoms. The molecule has 0 saturated heterocycles. The number of anilines is 1. The molecule has 0 spiro atoms. The van der Waals surface area contributed by atoms with Crippen LogP contribution in [-0.2, 0) is 24.2 Å². The molecule has 1 unspecified atom stereocenters. The van der Waals surface area contributed by atoms with Crippen molar-refractivity contribution in [2.24, 2.45) is 0 Å². The van der Waals surface area contributed by atoms with E-state index in [1.54, 1.807) is 0 Å². The number of nitrogen functional groups attached to an aromatic ring is 1. The summed E-state index contributed by atoms with van der Waals surface area (Å²) in [6.45, 7) is 2.54. The lowest BCUT2D eigenvalue weighted by Gasteiger charge is -2.12. The Hall–Kier alpha value is -1.81. The van der Waals surface area contributed by atoms with Gasteiger partial charge in [-0.3, -0.25) is 4.79 Å². The molecule has 0 bridgehead atoms. The lowest BCUT2D eigenvalue weighted by atomic mass is 10.00. The molecule has 4 heteroatoms. The molecule has 0 aliphatic heterocycles. The molecule has 0 saturated carbocycles. The second-order valence-corrected chi connectivity index (χ2v) is 6.85. The van der Waals surface area contributed by atoms with Crippen LogP contribution >= 0.6 is 11.3 Å². The van der Waals surface area contributed by atoms with E-state index >= 15 is 0 Å². The van der Waals surface area contributed by atoms with Gasteiger partial charge >= 0.3 is 0 Å². The highest BCUT2D eigenvalue weighted by molar-refractivity contribution is 7.12. The minimum Gasteiger partial charge on any atom is -0.399 e. The first-order chi connectivity index (χ1) is 10.1. The minimum atomic E-state index is -0.180. The number of rotatable bonds is 4. The number of hydrogen-bond acceptors (Lipinski definition) is 3. The number of nitrogens with one attached hydrogen (secondary N) is 1. The first-order valence-corrected chi connectivity index (χ1v) is 8.19. The highest BCUT2D eigenvalue weighted by Crippen LogP contribution is 2.30. The van der Waals surface area contributed by atoms with Crippen molar-refractivity contribution in [2.75, 3.05) is 5.73 Å². The highest BCUT2D eigenvalue weighted by Gasteiger charge is 2.17. The Morgan fingerprint density at radius 3 is 3.00 bits per heavy atom. The maximum Gasteiger partial charge on any atom is 0.227 e. The van der Waals surface area contributed by atoms with E-state index in [0.29, 0.717) is 12.2 Å². The second kappa shape index (κ2) is 5.90. The lowest BCUT2D eigenvalue weighted by Crippen LogP contribution is -2.27. The maximum atomic E-state index is 12.3. The summed E-state index contributed by atoms with van der Waals surface area (Å²) in [5.74, 6) is -0.130. The van der Waals surface area contributed by atoms with Crippen LogP contribution in [0.25, 0.3) is 0 Å². The number of hydrogen-bond donors (Lipinski definition) is 2. The molecule has 1 amide bonds. The van der Waals surface area contributed by atoms with Gasteiger partial charge in [-0.25, -0.2) is 0 Å². The zero-order valence-electron chi connectivity index (χ0n) is 12.2. The Morgan fingerprint density at radius 2 is 2.24 bits per heavy atom. The fourth-order valence-electron chi connectivity index (χ4n) is 2.78. The van der Waals surface area contributed by atoms with Crippen LogP contribution in [0.5, 0.6) is 0 Å². The Bertz CT molecular complexity index is 641. The number of nitrogens with two attached hydrogens (primary N) is 1. The quantitative estimate of drug-likeness (QED) is 0.852. The summed E-state index contributed by atoms with van der Waals surface area (Å²) >= 11 is 1.84. The number of amides is 1. The molecule has 110 valence electrons. The normalized spacial score (nSPS) is 14.7. The van der Waals surface area contributed by atoms with Crippen LogP contribution in [0.2, 0.25) is 0 Å². The first kappa shape index (κ1) is 14.1. The molecule has 1 aliphatic rings. The molecule has 0 fully saturated rings. The van der Waals surface area contributed by atoms with Crippen molar-refractivity contribution in [1.29, 1.82) is 0 Å². The number of aryl methyl sites for hydroxylation is 2. The summed E-state index contributed by atoms with van der Waals surface area (Å²) < 4.78 is 0. The van der Waals surface area contributed by atoms with E-state index in [1.165, 1.54) is 34.6 Å². The Morgan fingerprint density at radius 1 is 1.38 bits per heavy atom. The fourth-order valence-corrected chi connectivity index (χ4v) is 3.99. The van der Waals surface area contributed by atoms with Gasteiger partial charge in [0.2, 0.25) is 5.91 Å². The highest BCUT2D eigenvalue weighted by atomic mass is 32.1. The molecular weight excluding hydrogens is 280 g/mol. The third-order valence-electron chi connectivity index (χ3n) is 4.04. The van der Waals surface area contributed by atoms with Gasteiger partial charge in [0.1, 0.15) is 0 Å². The van der Waals surface area contributed by atoms with Crippen LogP contribution in [0, 0.1) is 0 Å². The van der Waals surface area contributed by atoms with Crippen LogP contribution in [0.15, 0.2) is 30.3 Å². The zero-order chi connectivity index (χ0) is 14.8. The van der Waals surface area contributed by atoms with Crippen molar-refractivity contribution in [3.8, 4) is 0 Å². The molecule has 1 aromatic heterocycles. The molecule has 1 atom stereocenters. The molecule has 1 heterocycles. The van der Waals surface area contributed by atoms with Gasteiger partial charge in [-0.2, -0.15) is 0 Å². The third-order valence-corrected chi connectivity index (χ3v) is 5.28. The van der Waals surface area contributed by atoms with E-state index in [9.17, 15) is 4.79 Å². The van der Waals surface area contributed by atoms with Crippen molar-refractivity contribution in [3.63, 3.8) is 0 Å². The number of thiophene rings is 1. The molecule has 3 N–H and O–H groups in total. The number of carbonyl (C=O) groups is 1. The minimum absolute atomic E-state index is 0.0501. The number of fused-ring (bicyclic) bond motifs is 1. The largest absolute Gasteiger partial charge is 0.399 e.